The molecule has 0 saturated carbocycles. The van der Waals surface area contributed by atoms with E-state index < -0.39 is 46.7 Å². The monoisotopic (exact) mass is 720 g/mol. The van der Waals surface area contributed by atoms with Crippen molar-refractivity contribution < 1.29 is 48.4 Å². The van der Waals surface area contributed by atoms with Gasteiger partial charge in [0.2, 0.25) is 5.91 Å². The van der Waals surface area contributed by atoms with Crippen LogP contribution in [0.2, 0.25) is 0 Å². The van der Waals surface area contributed by atoms with E-state index in [0.29, 0.717) is 25.2 Å². The Morgan fingerprint density at radius 2 is 1.53 bits per heavy atom. The molecule has 290 valence electrons. The van der Waals surface area contributed by atoms with Crippen LogP contribution in [0.25, 0.3) is 0 Å². The normalized spacial score (nSPS) is 16.8. The van der Waals surface area contributed by atoms with Crippen molar-refractivity contribution in [3.05, 3.63) is 42.0 Å². The van der Waals surface area contributed by atoms with Gasteiger partial charge in [-0.15, -0.1) is 0 Å². The summed E-state index contributed by atoms with van der Waals surface area (Å²) in [7, 11) is 2.71. The molecule has 4 N–H and O–H groups in total. The van der Waals surface area contributed by atoms with Crippen LogP contribution < -0.4 is 10.8 Å². The molecule has 1 aliphatic heterocycles. The second kappa shape index (κ2) is 22.8. The Kier molecular flexibility index (Phi) is 19.7. The molecule has 0 unspecified atom stereocenters. The van der Waals surface area contributed by atoms with E-state index in [9.17, 15) is 24.6 Å². The number of rotatable bonds is 25. The molecule has 1 fully saturated rings. The average molecular weight is 721 g/mol. The second-order valence-electron chi connectivity index (χ2n) is 14.4. The van der Waals surface area contributed by atoms with Crippen molar-refractivity contribution >= 4 is 17.8 Å². The number of carbonyl (C=O) groups is 3. The number of aromatic hydroxyl groups is 1. The molecule has 0 aliphatic carbocycles. The van der Waals surface area contributed by atoms with E-state index in [1.165, 1.54) is 58.1 Å². The third kappa shape index (κ3) is 16.0. The quantitative estimate of drug-likeness (QED) is 0.0419. The number of unbranched alkanes of at least 4 members (excludes halogenated alkanes) is 8. The number of amides is 2. The van der Waals surface area contributed by atoms with E-state index >= 15 is 0 Å². The minimum atomic E-state index is -2.29. The van der Waals surface area contributed by atoms with Crippen LogP contribution in [0.4, 0.5) is 0 Å². The average Bonchev–Trinajstić information content (AvgIpc) is 3.55. The van der Waals surface area contributed by atoms with Gasteiger partial charge in [-0.05, 0) is 64.2 Å². The molecule has 0 aromatic heterocycles. The number of aliphatic hydroxyl groups is 1. The van der Waals surface area contributed by atoms with Crippen LogP contribution in [0.15, 0.2) is 36.4 Å². The fraction of sp³-hybridized carbons (Fsp3) is 0.718. The van der Waals surface area contributed by atoms with Crippen molar-refractivity contribution in [2.24, 2.45) is 5.92 Å². The molecule has 51 heavy (non-hydrogen) atoms. The van der Waals surface area contributed by atoms with Gasteiger partial charge in [0.05, 0.1) is 26.2 Å². The lowest BCUT2D eigenvalue weighted by Gasteiger charge is -2.35. The van der Waals surface area contributed by atoms with Crippen LogP contribution in [0, 0.1) is 5.92 Å². The zero-order valence-corrected chi connectivity index (χ0v) is 31.8. The minimum absolute atomic E-state index is 0.0257. The maximum atomic E-state index is 14.0. The highest BCUT2D eigenvalue weighted by Gasteiger charge is 2.49. The molecule has 1 heterocycles. The first-order valence-corrected chi connectivity index (χ1v) is 18.6. The number of hydrogen-bond donors (Lipinski definition) is 4. The number of hydroxylamine groups is 1. The lowest BCUT2D eigenvalue weighted by molar-refractivity contribution is -0.185. The second-order valence-corrected chi connectivity index (χ2v) is 14.4. The van der Waals surface area contributed by atoms with Crippen molar-refractivity contribution in [1.29, 1.82) is 0 Å². The number of benzene rings is 1. The van der Waals surface area contributed by atoms with Gasteiger partial charge in [0.1, 0.15) is 17.4 Å². The van der Waals surface area contributed by atoms with Crippen LogP contribution >= 0.6 is 0 Å². The van der Waals surface area contributed by atoms with E-state index in [1.807, 2.05) is 0 Å². The lowest BCUT2D eigenvalue weighted by Crippen LogP contribution is -2.57. The van der Waals surface area contributed by atoms with E-state index in [0.717, 1.165) is 44.9 Å². The number of methoxy groups -OCH3 is 1. The first-order valence-electron chi connectivity index (χ1n) is 18.6. The molecule has 3 atom stereocenters. The number of carbonyl (C=O) groups excluding carboxylic acids is 3. The summed E-state index contributed by atoms with van der Waals surface area (Å²) in [6, 6.07) is 5.08. The summed E-state index contributed by atoms with van der Waals surface area (Å²) in [6.07, 6.45) is 15.3. The molecule has 12 nitrogen and oxygen atoms in total. The number of nitrogens with one attached hydrogen (secondary N) is 2. The van der Waals surface area contributed by atoms with Crippen molar-refractivity contribution in [2.45, 2.75) is 141 Å². The molecule has 1 aromatic carbocycles. The maximum Gasteiger partial charge on any atom is 0.339 e. The molecule has 2 amide bonds. The fourth-order valence-electron chi connectivity index (χ4n) is 6.13. The molecule has 1 aliphatic rings. The number of ether oxygens (including phenoxy) is 4. The summed E-state index contributed by atoms with van der Waals surface area (Å²) in [6.45, 7) is 8.50. The highest BCUT2D eigenvalue weighted by Crippen LogP contribution is 2.32. The Morgan fingerprint density at radius 3 is 2.10 bits per heavy atom. The summed E-state index contributed by atoms with van der Waals surface area (Å²) in [5.74, 6) is -4.16. The van der Waals surface area contributed by atoms with Crippen LogP contribution in [0.5, 0.6) is 5.75 Å². The van der Waals surface area contributed by atoms with Gasteiger partial charge in [-0.1, -0.05) is 69.7 Å². The Hall–Kier alpha value is -3.03. The largest absolute Gasteiger partial charge is 0.508 e. The standard InChI is InChI=1S/C39H64N2O10/c1-7-8-9-13-16-23-38(49-27-28-50-38)24-17-14-11-10-12-15-18-32(39(46,25-26-47-5)36(45)51-37(2,3)4)34(43)40-33(35(44)41-48-6)29-30-19-21-31(42)22-20-30/h15,18-22,32-33,42,46H,7-14,16-17,23-29H2,1-6H3,(H,40,43)(H,41,44)/b18-15+/t32-,33+,39+/m1/s1. The number of phenolic OH excluding ortho intramolecular Hbond substituents is 1. The smallest absolute Gasteiger partial charge is 0.339 e. The van der Waals surface area contributed by atoms with Gasteiger partial charge in [-0.3, -0.25) is 14.4 Å². The predicted octanol–water partition coefficient (Wildman–Crippen LogP) is 5.82. The van der Waals surface area contributed by atoms with E-state index in [-0.39, 0.29) is 25.2 Å². The zero-order chi connectivity index (χ0) is 37.8. The maximum absolute atomic E-state index is 14.0. The van der Waals surface area contributed by atoms with E-state index in [4.69, 9.17) is 23.8 Å². The van der Waals surface area contributed by atoms with Crippen molar-refractivity contribution in [3.8, 4) is 5.75 Å². The summed E-state index contributed by atoms with van der Waals surface area (Å²) in [5.41, 5.74) is -0.328. The van der Waals surface area contributed by atoms with E-state index in [2.05, 4.69) is 17.7 Å². The summed E-state index contributed by atoms with van der Waals surface area (Å²) in [4.78, 5) is 45.4. The Labute approximate surface area is 304 Å². The third-order valence-corrected chi connectivity index (χ3v) is 8.93. The first kappa shape index (κ1) is 44.1. The van der Waals surface area contributed by atoms with Gasteiger partial charge < -0.3 is 34.5 Å². The van der Waals surface area contributed by atoms with Gasteiger partial charge in [0, 0.05) is 39.4 Å². The molecule has 0 spiro atoms. The fourth-order valence-corrected chi connectivity index (χ4v) is 6.13. The summed E-state index contributed by atoms with van der Waals surface area (Å²) in [5, 5.41) is 24.3. The number of esters is 1. The molecule has 1 saturated heterocycles. The van der Waals surface area contributed by atoms with Crippen LogP contribution in [-0.4, -0.2) is 85.1 Å². The number of hydrogen-bond acceptors (Lipinski definition) is 10. The van der Waals surface area contributed by atoms with Gasteiger partial charge in [-0.2, -0.15) is 0 Å². The van der Waals surface area contributed by atoms with Crippen molar-refractivity contribution in [1.82, 2.24) is 10.8 Å². The van der Waals surface area contributed by atoms with Crippen molar-refractivity contribution in [2.75, 3.05) is 34.0 Å². The Morgan fingerprint density at radius 1 is 0.922 bits per heavy atom. The highest BCUT2D eigenvalue weighted by molar-refractivity contribution is 5.94. The number of phenols is 1. The SMILES string of the molecule is CCCCCCCC1(CCCCCC/C=C/[C@H](C(=O)N[C@@H](Cc2ccc(O)cc2)C(=O)NOC)[C@@](O)(CCOC)C(=O)OC(C)(C)C)OCCO1. The van der Waals surface area contributed by atoms with Gasteiger partial charge >= 0.3 is 5.97 Å². The van der Waals surface area contributed by atoms with Gasteiger partial charge in [0.25, 0.3) is 5.91 Å². The van der Waals surface area contributed by atoms with Crippen LogP contribution in [-0.2, 0) is 44.6 Å². The van der Waals surface area contributed by atoms with Gasteiger partial charge in [-0.25, -0.2) is 10.3 Å². The lowest BCUT2D eigenvalue weighted by atomic mass is 9.82. The highest BCUT2D eigenvalue weighted by atomic mass is 16.7. The number of allylic oxidation sites excluding steroid dienone is 1. The first-order chi connectivity index (χ1) is 24.3. The van der Waals surface area contributed by atoms with Crippen LogP contribution in [0.1, 0.15) is 117 Å². The summed E-state index contributed by atoms with van der Waals surface area (Å²) < 4.78 is 22.9. The Balaban J connectivity index is 2.15. The Bertz CT molecular complexity index is 1190. The molecule has 0 radical (unpaired) electrons. The molecule has 2 rings (SSSR count). The minimum Gasteiger partial charge on any atom is -0.508 e. The molecular weight excluding hydrogens is 656 g/mol. The molecular formula is C39H64N2O10. The van der Waals surface area contributed by atoms with Gasteiger partial charge in [0.15, 0.2) is 11.4 Å². The predicted molar refractivity (Wildman–Crippen MR) is 195 cm³/mol. The molecule has 12 heteroatoms. The topological polar surface area (TPSA) is 162 Å². The van der Waals surface area contributed by atoms with Crippen molar-refractivity contribution in [3.63, 3.8) is 0 Å². The molecule has 0 bridgehead atoms. The molecule has 1 aromatic rings. The van der Waals surface area contributed by atoms with E-state index in [1.54, 1.807) is 39.0 Å². The zero-order valence-electron chi connectivity index (χ0n) is 31.8. The summed E-state index contributed by atoms with van der Waals surface area (Å²) >= 11 is 0. The van der Waals surface area contributed by atoms with Crippen LogP contribution in [0.3, 0.4) is 0 Å². The third-order valence-electron chi connectivity index (χ3n) is 8.93.